The van der Waals surface area contributed by atoms with Crippen molar-refractivity contribution in [2.75, 3.05) is 31.3 Å². The second-order valence-corrected chi connectivity index (χ2v) is 11.4. The molecule has 3 aromatic rings. The van der Waals surface area contributed by atoms with Crippen molar-refractivity contribution >= 4 is 33.7 Å². The first kappa shape index (κ1) is 25.2. The fourth-order valence-electron chi connectivity index (χ4n) is 3.88. The van der Waals surface area contributed by atoms with Gasteiger partial charge in [0, 0.05) is 23.9 Å². The van der Waals surface area contributed by atoms with Crippen LogP contribution in [-0.4, -0.2) is 54.8 Å². The Kier molecular flexibility index (Phi) is 8.09. The van der Waals surface area contributed by atoms with Crippen LogP contribution < -0.4 is 10.1 Å². The number of ether oxygens (including phenoxy) is 1. The van der Waals surface area contributed by atoms with Gasteiger partial charge in [0.15, 0.2) is 0 Å². The van der Waals surface area contributed by atoms with E-state index < -0.39 is 10.0 Å². The molecule has 0 aliphatic carbocycles. The fourth-order valence-corrected chi connectivity index (χ4v) is 6.01. The van der Waals surface area contributed by atoms with Gasteiger partial charge < -0.3 is 9.15 Å². The monoisotopic (exact) mass is 516 g/mol. The molecule has 11 heteroatoms. The van der Waals surface area contributed by atoms with Crippen molar-refractivity contribution in [1.29, 1.82) is 0 Å². The van der Waals surface area contributed by atoms with Crippen LogP contribution in [0, 0.1) is 5.92 Å². The number of hydrogen-bond donors (Lipinski definition) is 1. The molecule has 0 bridgehead atoms. The number of methoxy groups -OCH3 is 1. The summed E-state index contributed by atoms with van der Waals surface area (Å²) in [4.78, 5) is 14.1. The smallest absolute Gasteiger partial charge is 0.322 e. The van der Waals surface area contributed by atoms with Gasteiger partial charge in [-0.2, -0.15) is 4.31 Å². The summed E-state index contributed by atoms with van der Waals surface area (Å²) in [5, 5.41) is 10.6. The van der Waals surface area contributed by atoms with E-state index in [1.807, 2.05) is 12.1 Å². The summed E-state index contributed by atoms with van der Waals surface area (Å²) in [6.45, 7) is 2.63. The zero-order chi connectivity index (χ0) is 24.8. The van der Waals surface area contributed by atoms with Crippen LogP contribution >= 0.6 is 11.8 Å². The molecule has 1 N–H and O–H groups in total. The number of carbonyl (C=O) groups is 1. The van der Waals surface area contributed by atoms with E-state index in [2.05, 4.69) is 34.6 Å². The summed E-state index contributed by atoms with van der Waals surface area (Å²) in [5.74, 6) is 1.44. The number of rotatable bonds is 9. The number of nitrogens with zero attached hydrogens (tertiary/aromatic N) is 3. The molecule has 1 amide bonds. The van der Waals surface area contributed by atoms with Crippen molar-refractivity contribution in [2.45, 2.75) is 36.0 Å². The highest BCUT2D eigenvalue weighted by Crippen LogP contribution is 2.26. The molecule has 1 aliphatic rings. The lowest BCUT2D eigenvalue weighted by Gasteiger charge is -2.30. The van der Waals surface area contributed by atoms with Gasteiger partial charge in [0.1, 0.15) is 5.75 Å². The maximum Gasteiger partial charge on any atom is 0.322 e. The van der Waals surface area contributed by atoms with Gasteiger partial charge in [-0.1, -0.05) is 24.2 Å². The quantitative estimate of drug-likeness (QED) is 0.427. The second kappa shape index (κ2) is 11.2. The summed E-state index contributed by atoms with van der Waals surface area (Å²) >= 11 is 1.78. The standard InChI is InChI=1S/C24H28N4O5S2/c1-3-34-20-8-4-17(5-9-20)16-22-26-27-24(33-22)25-23(29)18-12-14-28(15-13-18)35(30,31)21-10-6-19(32-2)7-11-21/h4-11,18H,3,12-16H2,1-2H3,(H,25,27,29). The minimum Gasteiger partial charge on any atom is -0.497 e. The highest BCUT2D eigenvalue weighted by Gasteiger charge is 2.32. The van der Waals surface area contributed by atoms with Crippen LogP contribution in [0.3, 0.4) is 0 Å². The van der Waals surface area contributed by atoms with E-state index >= 15 is 0 Å². The van der Waals surface area contributed by atoms with Crippen LogP contribution in [0.5, 0.6) is 5.75 Å². The minimum atomic E-state index is -3.62. The van der Waals surface area contributed by atoms with E-state index in [1.54, 1.807) is 23.9 Å². The summed E-state index contributed by atoms with van der Waals surface area (Å²) in [5.41, 5.74) is 1.04. The third-order valence-corrected chi connectivity index (χ3v) is 8.62. The first-order valence-corrected chi connectivity index (χ1v) is 13.8. The third kappa shape index (κ3) is 6.22. The maximum absolute atomic E-state index is 12.9. The zero-order valence-corrected chi connectivity index (χ0v) is 21.3. The number of aromatic nitrogens is 2. The fraction of sp³-hybridized carbons (Fsp3) is 0.375. The van der Waals surface area contributed by atoms with Gasteiger partial charge in [0.25, 0.3) is 0 Å². The Hall–Kier alpha value is -2.89. The highest BCUT2D eigenvalue weighted by atomic mass is 32.2. The number of amides is 1. The molecular formula is C24H28N4O5S2. The predicted molar refractivity (Wildman–Crippen MR) is 133 cm³/mol. The number of carbonyl (C=O) groups excluding carboxylic acids is 1. The van der Waals surface area contributed by atoms with Crippen LogP contribution in [0.1, 0.15) is 31.2 Å². The van der Waals surface area contributed by atoms with Gasteiger partial charge in [-0.3, -0.25) is 10.1 Å². The molecule has 1 aliphatic heterocycles. The lowest BCUT2D eigenvalue weighted by Crippen LogP contribution is -2.41. The van der Waals surface area contributed by atoms with Crippen molar-refractivity contribution in [3.8, 4) is 5.75 Å². The summed E-state index contributed by atoms with van der Waals surface area (Å²) in [7, 11) is -2.10. The van der Waals surface area contributed by atoms with Crippen LogP contribution in [-0.2, 0) is 21.2 Å². The van der Waals surface area contributed by atoms with Crippen LogP contribution in [0.2, 0.25) is 0 Å². The van der Waals surface area contributed by atoms with E-state index in [9.17, 15) is 13.2 Å². The number of thioether (sulfide) groups is 1. The van der Waals surface area contributed by atoms with Gasteiger partial charge in [0.05, 0.1) is 18.4 Å². The molecule has 0 atom stereocenters. The summed E-state index contributed by atoms with van der Waals surface area (Å²) in [6, 6.07) is 14.5. The van der Waals surface area contributed by atoms with Crippen LogP contribution in [0.15, 0.2) is 62.7 Å². The summed E-state index contributed by atoms with van der Waals surface area (Å²) in [6.07, 6.45) is 1.29. The number of piperidine rings is 1. The van der Waals surface area contributed by atoms with Gasteiger partial charge in [-0.15, -0.1) is 16.9 Å². The molecule has 1 aromatic heterocycles. The first-order valence-electron chi connectivity index (χ1n) is 11.4. The Bertz CT molecular complexity index is 1240. The largest absolute Gasteiger partial charge is 0.497 e. The normalized spacial score (nSPS) is 15.1. The number of anilines is 1. The average Bonchev–Trinajstić information content (AvgIpc) is 3.32. The second-order valence-electron chi connectivity index (χ2n) is 8.10. The number of hydrogen-bond acceptors (Lipinski definition) is 8. The third-order valence-electron chi connectivity index (χ3n) is 5.81. The number of nitrogens with one attached hydrogen (secondary N) is 1. The topological polar surface area (TPSA) is 115 Å². The van der Waals surface area contributed by atoms with Crippen molar-refractivity contribution in [3.63, 3.8) is 0 Å². The van der Waals surface area contributed by atoms with Crippen molar-refractivity contribution < 1.29 is 22.4 Å². The number of benzene rings is 2. The van der Waals surface area contributed by atoms with Gasteiger partial charge in [-0.25, -0.2) is 8.42 Å². The molecule has 9 nitrogen and oxygen atoms in total. The van der Waals surface area contributed by atoms with E-state index in [0.29, 0.717) is 30.9 Å². The molecule has 0 saturated carbocycles. The highest BCUT2D eigenvalue weighted by molar-refractivity contribution is 7.99. The molecule has 35 heavy (non-hydrogen) atoms. The molecule has 1 fully saturated rings. The zero-order valence-electron chi connectivity index (χ0n) is 19.6. The van der Waals surface area contributed by atoms with Gasteiger partial charge in [0.2, 0.25) is 21.8 Å². The molecule has 0 unspecified atom stereocenters. The number of sulfonamides is 1. The Morgan fingerprint density at radius 1 is 1.11 bits per heavy atom. The van der Waals surface area contributed by atoms with E-state index in [4.69, 9.17) is 9.15 Å². The van der Waals surface area contributed by atoms with Crippen molar-refractivity contribution in [1.82, 2.24) is 14.5 Å². The van der Waals surface area contributed by atoms with Crippen LogP contribution in [0.25, 0.3) is 0 Å². The molecule has 0 spiro atoms. The Labute approximate surface area is 209 Å². The molecule has 0 radical (unpaired) electrons. The molecule has 186 valence electrons. The predicted octanol–water partition coefficient (Wildman–Crippen LogP) is 3.82. The summed E-state index contributed by atoms with van der Waals surface area (Å²) < 4.78 is 37.9. The minimum absolute atomic E-state index is 0.0523. The van der Waals surface area contributed by atoms with Gasteiger partial charge >= 0.3 is 6.01 Å². The Morgan fingerprint density at radius 2 is 1.80 bits per heavy atom. The molecular weight excluding hydrogens is 488 g/mol. The molecule has 2 aromatic carbocycles. The first-order chi connectivity index (χ1) is 16.9. The maximum atomic E-state index is 12.9. The van der Waals surface area contributed by atoms with Crippen LogP contribution in [0.4, 0.5) is 6.01 Å². The molecule has 2 heterocycles. The van der Waals surface area contributed by atoms with E-state index in [-0.39, 0.29) is 35.8 Å². The van der Waals surface area contributed by atoms with Crippen molar-refractivity contribution in [3.05, 3.63) is 60.0 Å². The Morgan fingerprint density at radius 3 is 2.43 bits per heavy atom. The molecule has 1 saturated heterocycles. The van der Waals surface area contributed by atoms with E-state index in [1.165, 1.54) is 28.4 Å². The van der Waals surface area contributed by atoms with Gasteiger partial charge in [-0.05, 0) is 60.6 Å². The Balaban J connectivity index is 1.29. The van der Waals surface area contributed by atoms with E-state index in [0.717, 1.165) is 11.3 Å². The van der Waals surface area contributed by atoms with Crippen molar-refractivity contribution in [2.24, 2.45) is 5.92 Å². The lowest BCUT2D eigenvalue weighted by molar-refractivity contribution is -0.121. The SMILES string of the molecule is CCSc1ccc(Cc2nnc(NC(=O)C3CCN(S(=O)(=O)c4ccc(OC)cc4)CC3)o2)cc1. The lowest BCUT2D eigenvalue weighted by atomic mass is 9.97. The average molecular weight is 517 g/mol. The molecule has 4 rings (SSSR count).